The Hall–Kier alpha value is -3.02. The Balaban J connectivity index is 1.69. The number of para-hydroxylation sites is 1. The van der Waals surface area contributed by atoms with Gasteiger partial charge in [0.05, 0.1) is 23.3 Å². The molecular weight excluding hydrogens is 337 g/mol. The van der Waals surface area contributed by atoms with E-state index >= 15 is 0 Å². The number of fused-ring (bicyclic) bond motifs is 1. The summed E-state index contributed by atoms with van der Waals surface area (Å²) >= 11 is 0. The topological polar surface area (TPSA) is 53.1 Å². The van der Waals surface area contributed by atoms with E-state index in [-0.39, 0.29) is 0 Å². The highest BCUT2D eigenvalue weighted by Crippen LogP contribution is 2.29. The van der Waals surface area contributed by atoms with Crippen LogP contribution in [0.4, 0.5) is 0 Å². The van der Waals surface area contributed by atoms with Gasteiger partial charge in [0.1, 0.15) is 31.8 Å². The molecule has 6 heteroatoms. The second kappa shape index (κ2) is 6.95. The molecule has 0 aliphatic heterocycles. The van der Waals surface area contributed by atoms with E-state index in [1.165, 1.54) is 0 Å². The van der Waals surface area contributed by atoms with E-state index in [2.05, 4.69) is 29.7 Å². The van der Waals surface area contributed by atoms with Crippen LogP contribution < -0.4 is 10.2 Å². The maximum atomic E-state index is 5.88. The largest absolute Gasteiger partial charge is 0.492 e. The molecule has 0 saturated carbocycles. The first-order valence-corrected chi connectivity index (χ1v) is 9.13. The molecule has 4 aromatic rings. The number of nitrogens with zero attached hydrogens (tertiary/aromatic N) is 3. The van der Waals surface area contributed by atoms with Gasteiger partial charge < -0.3 is 13.8 Å². The molecule has 0 bridgehead atoms. The lowest BCUT2D eigenvalue weighted by atomic mass is 9.90. The van der Waals surface area contributed by atoms with Crippen LogP contribution >= 0.6 is 0 Å². The summed E-state index contributed by atoms with van der Waals surface area (Å²) in [6, 6.07) is 14.2. The zero-order chi connectivity index (χ0) is 19.0. The van der Waals surface area contributed by atoms with E-state index in [4.69, 9.17) is 14.2 Å². The van der Waals surface area contributed by atoms with Gasteiger partial charge in [-0.1, -0.05) is 34.9 Å². The van der Waals surface area contributed by atoms with Gasteiger partial charge in [-0.25, -0.2) is 4.98 Å². The Morgan fingerprint density at radius 1 is 1.11 bits per heavy atom. The summed E-state index contributed by atoms with van der Waals surface area (Å²) < 4.78 is 13.5. The minimum Gasteiger partial charge on any atom is -0.492 e. The van der Waals surface area contributed by atoms with Crippen LogP contribution in [-0.2, 0) is 6.54 Å². The highest BCUT2D eigenvalue weighted by atomic mass is 16.5. The van der Waals surface area contributed by atoms with Gasteiger partial charge in [-0.15, -0.1) is 0 Å². The molecule has 4 rings (SSSR count). The molecule has 0 amide bonds. The predicted octanol–water partition coefficient (Wildman–Crippen LogP) is 2.95. The summed E-state index contributed by atoms with van der Waals surface area (Å²) in [5.41, 5.74) is 6.36. The minimum absolute atomic E-state index is 0.588. The molecule has 0 N–H and O–H groups in total. The van der Waals surface area contributed by atoms with Crippen molar-refractivity contribution in [2.75, 3.05) is 6.61 Å². The normalized spacial score (nSPS) is 11.2. The molecule has 0 atom stereocenters. The van der Waals surface area contributed by atoms with Crippen LogP contribution in [-0.4, -0.2) is 29.2 Å². The molecule has 0 aliphatic rings. The quantitative estimate of drug-likeness (QED) is 0.514. The standard InChI is InChI=1S/C21H22BN3O2/c1-13-20(14(2)27-24-13)16-11-18(22)21-19(12-16)25(15(3)23-21)9-10-26-17-7-5-4-6-8-17/h4-8,11-12H,9-10,22H2,1-3H3. The fraction of sp³-hybridized carbons (Fsp3) is 0.238. The zero-order valence-corrected chi connectivity index (χ0v) is 16.1. The van der Waals surface area contributed by atoms with E-state index < -0.39 is 0 Å². The number of benzene rings is 2. The van der Waals surface area contributed by atoms with Crippen molar-refractivity contribution in [3.63, 3.8) is 0 Å². The number of aryl methyl sites for hydroxylation is 3. The summed E-state index contributed by atoms with van der Waals surface area (Å²) in [6.07, 6.45) is 0. The molecular formula is C21H22BN3O2. The van der Waals surface area contributed by atoms with Crippen molar-refractivity contribution < 1.29 is 9.26 Å². The molecule has 2 aromatic heterocycles. The van der Waals surface area contributed by atoms with E-state index in [0.29, 0.717) is 6.61 Å². The molecule has 0 radical (unpaired) electrons. The van der Waals surface area contributed by atoms with Crippen molar-refractivity contribution in [3.05, 3.63) is 59.7 Å². The highest BCUT2D eigenvalue weighted by Gasteiger charge is 2.16. The first-order chi connectivity index (χ1) is 13.0. The summed E-state index contributed by atoms with van der Waals surface area (Å²) in [5, 5.41) is 4.10. The molecule has 5 nitrogen and oxygen atoms in total. The molecule has 0 fully saturated rings. The van der Waals surface area contributed by atoms with Gasteiger partial charge in [0, 0.05) is 5.56 Å². The van der Waals surface area contributed by atoms with Crippen LogP contribution in [0, 0.1) is 20.8 Å². The molecule has 0 spiro atoms. The van der Waals surface area contributed by atoms with Gasteiger partial charge in [0.25, 0.3) is 0 Å². The summed E-state index contributed by atoms with van der Waals surface area (Å²) in [7, 11) is 2.10. The van der Waals surface area contributed by atoms with Gasteiger partial charge in [-0.3, -0.25) is 0 Å². The number of hydrogen-bond donors (Lipinski definition) is 0. The second-order valence-corrected chi connectivity index (χ2v) is 6.83. The van der Waals surface area contributed by atoms with Crippen molar-refractivity contribution in [1.82, 2.24) is 14.7 Å². The van der Waals surface area contributed by atoms with Crippen molar-refractivity contribution in [2.45, 2.75) is 27.3 Å². The second-order valence-electron chi connectivity index (χ2n) is 6.83. The zero-order valence-electron chi connectivity index (χ0n) is 16.1. The van der Waals surface area contributed by atoms with E-state index in [1.54, 1.807) is 0 Å². The smallest absolute Gasteiger partial charge is 0.142 e. The number of ether oxygens (including phenoxy) is 1. The maximum Gasteiger partial charge on any atom is 0.142 e. The van der Waals surface area contributed by atoms with E-state index in [1.807, 2.05) is 51.1 Å². The Labute approximate surface area is 159 Å². The molecule has 0 unspecified atom stereocenters. The van der Waals surface area contributed by atoms with Gasteiger partial charge >= 0.3 is 0 Å². The third kappa shape index (κ3) is 3.23. The minimum atomic E-state index is 0.588. The van der Waals surface area contributed by atoms with Crippen LogP contribution in [0.1, 0.15) is 17.3 Å². The van der Waals surface area contributed by atoms with Crippen LogP contribution in [0.3, 0.4) is 0 Å². The Morgan fingerprint density at radius 3 is 2.59 bits per heavy atom. The third-order valence-electron chi connectivity index (χ3n) is 4.88. The van der Waals surface area contributed by atoms with E-state index in [9.17, 15) is 0 Å². The Kier molecular flexibility index (Phi) is 4.48. The monoisotopic (exact) mass is 359 g/mol. The Bertz CT molecular complexity index is 1080. The van der Waals surface area contributed by atoms with Gasteiger partial charge in [-0.2, -0.15) is 0 Å². The van der Waals surface area contributed by atoms with Crippen LogP contribution in [0.2, 0.25) is 0 Å². The van der Waals surface area contributed by atoms with Crippen molar-refractivity contribution >= 4 is 24.3 Å². The molecule has 2 aromatic carbocycles. The molecule has 0 saturated heterocycles. The highest BCUT2D eigenvalue weighted by molar-refractivity contribution is 6.38. The lowest BCUT2D eigenvalue weighted by Crippen LogP contribution is -2.10. The molecule has 27 heavy (non-hydrogen) atoms. The van der Waals surface area contributed by atoms with Crippen molar-refractivity contribution in [2.24, 2.45) is 0 Å². The SMILES string of the molecule is Bc1cc(-c2c(C)noc2C)cc2c1nc(C)n2CCOc1ccccc1. The average molecular weight is 359 g/mol. The van der Waals surface area contributed by atoms with Crippen molar-refractivity contribution in [1.29, 1.82) is 0 Å². The van der Waals surface area contributed by atoms with E-state index in [0.717, 1.165) is 57.2 Å². The van der Waals surface area contributed by atoms with Crippen LogP contribution in [0.5, 0.6) is 5.75 Å². The van der Waals surface area contributed by atoms with Gasteiger partial charge in [0.2, 0.25) is 0 Å². The average Bonchev–Trinajstić information content (AvgIpc) is 3.15. The molecule has 0 aliphatic carbocycles. The first kappa shape index (κ1) is 17.4. The lowest BCUT2D eigenvalue weighted by molar-refractivity contribution is 0.299. The summed E-state index contributed by atoms with van der Waals surface area (Å²) in [4.78, 5) is 4.77. The van der Waals surface area contributed by atoms with Gasteiger partial charge in [-0.05, 0) is 44.5 Å². The van der Waals surface area contributed by atoms with Crippen LogP contribution in [0.15, 0.2) is 47.0 Å². The number of hydrogen-bond acceptors (Lipinski definition) is 4. The van der Waals surface area contributed by atoms with Gasteiger partial charge in [0.15, 0.2) is 0 Å². The third-order valence-corrected chi connectivity index (χ3v) is 4.88. The predicted molar refractivity (Wildman–Crippen MR) is 110 cm³/mol. The number of imidazole rings is 1. The molecule has 2 heterocycles. The Morgan fingerprint density at radius 2 is 1.89 bits per heavy atom. The number of rotatable bonds is 5. The first-order valence-electron chi connectivity index (χ1n) is 9.13. The fourth-order valence-corrected chi connectivity index (χ4v) is 3.60. The molecule has 136 valence electrons. The number of aromatic nitrogens is 3. The maximum absolute atomic E-state index is 5.88. The van der Waals surface area contributed by atoms with Crippen molar-refractivity contribution in [3.8, 4) is 16.9 Å². The lowest BCUT2D eigenvalue weighted by Gasteiger charge is -2.10. The summed E-state index contributed by atoms with van der Waals surface area (Å²) in [6.45, 7) is 7.29. The van der Waals surface area contributed by atoms with Crippen LogP contribution in [0.25, 0.3) is 22.2 Å². The fourth-order valence-electron chi connectivity index (χ4n) is 3.60. The summed E-state index contributed by atoms with van der Waals surface area (Å²) in [5.74, 6) is 2.70.